The highest BCUT2D eigenvalue weighted by Crippen LogP contribution is 2.38. The molecule has 1 aliphatic rings. The first-order valence-electron chi connectivity index (χ1n) is 11.0. The number of nitrogens with zero attached hydrogens (tertiary/aromatic N) is 2. The lowest BCUT2D eigenvalue weighted by Crippen LogP contribution is -2.41. The molecule has 1 unspecified atom stereocenters. The molecule has 0 spiro atoms. The van der Waals surface area contributed by atoms with E-state index in [1.807, 2.05) is 13.0 Å². The fraction of sp³-hybridized carbons (Fsp3) is 0.375. The highest BCUT2D eigenvalue weighted by Gasteiger charge is 2.48. The number of amides is 3. The number of alkyl halides is 3. The molecule has 1 N–H and O–H groups in total. The first kappa shape index (κ1) is 23.6. The van der Waals surface area contributed by atoms with Crippen molar-refractivity contribution in [2.75, 3.05) is 13.2 Å². The number of ether oxygens (including phenoxy) is 1. The Morgan fingerprint density at radius 3 is 2.56 bits per heavy atom. The van der Waals surface area contributed by atoms with Crippen LogP contribution < -0.4 is 10.1 Å². The third kappa shape index (κ3) is 4.20. The molecule has 1 saturated heterocycles. The van der Waals surface area contributed by atoms with Crippen molar-refractivity contribution in [3.8, 4) is 5.75 Å². The largest absolute Gasteiger partial charge is 0.493 e. The quantitative estimate of drug-likeness (QED) is 0.365. The number of halogens is 3. The molecular weight excluding hydrogens is 451 g/mol. The highest BCUT2D eigenvalue weighted by atomic mass is 19.4. The van der Waals surface area contributed by atoms with Gasteiger partial charge in [-0.15, -0.1) is 0 Å². The summed E-state index contributed by atoms with van der Waals surface area (Å²) >= 11 is 0. The third-order valence-corrected chi connectivity index (χ3v) is 5.88. The molecule has 2 heterocycles. The normalized spacial score (nSPS) is 18.6. The van der Waals surface area contributed by atoms with Crippen LogP contribution in [0.1, 0.15) is 43.6 Å². The SMILES string of the molecule is CCCc1c(OCCCN2C(=O)NC(C)(c3ccccc3)C2=O)ccc2c(C(F)(F)F)onc12. The number of aromatic nitrogens is 1. The Bertz CT molecular complexity index is 1210. The van der Waals surface area contributed by atoms with E-state index in [9.17, 15) is 22.8 Å². The van der Waals surface area contributed by atoms with Crippen molar-refractivity contribution < 1.29 is 32.0 Å². The second kappa shape index (κ2) is 9.00. The molecule has 0 aliphatic carbocycles. The topological polar surface area (TPSA) is 84.7 Å². The van der Waals surface area contributed by atoms with Crippen LogP contribution >= 0.6 is 0 Å². The zero-order chi connectivity index (χ0) is 24.5. The molecule has 1 atom stereocenters. The molecular formula is C24H24F3N3O4. The first-order chi connectivity index (χ1) is 16.2. The molecule has 10 heteroatoms. The van der Waals surface area contributed by atoms with Gasteiger partial charge in [-0.3, -0.25) is 9.69 Å². The van der Waals surface area contributed by atoms with Gasteiger partial charge in [-0.05, 0) is 37.5 Å². The summed E-state index contributed by atoms with van der Waals surface area (Å²) in [7, 11) is 0. The first-order valence-corrected chi connectivity index (χ1v) is 11.0. The van der Waals surface area contributed by atoms with Gasteiger partial charge in [0, 0.05) is 12.1 Å². The Balaban J connectivity index is 1.44. The molecule has 0 radical (unpaired) electrons. The average molecular weight is 475 g/mol. The summed E-state index contributed by atoms with van der Waals surface area (Å²) in [4.78, 5) is 26.6. The molecule has 180 valence electrons. The van der Waals surface area contributed by atoms with Gasteiger partial charge in [0.05, 0.1) is 12.0 Å². The van der Waals surface area contributed by atoms with Crippen molar-refractivity contribution in [2.24, 2.45) is 0 Å². The van der Waals surface area contributed by atoms with Crippen LogP contribution in [0, 0.1) is 0 Å². The molecule has 4 rings (SSSR count). The van der Waals surface area contributed by atoms with E-state index < -0.39 is 23.5 Å². The summed E-state index contributed by atoms with van der Waals surface area (Å²) < 4.78 is 49.9. The van der Waals surface area contributed by atoms with Crippen LogP contribution in [0.25, 0.3) is 10.9 Å². The Hall–Kier alpha value is -3.56. The number of imide groups is 1. The van der Waals surface area contributed by atoms with E-state index in [1.165, 1.54) is 12.1 Å². The summed E-state index contributed by atoms with van der Waals surface area (Å²) in [6.07, 6.45) is -3.17. The Labute approximate surface area is 193 Å². The molecule has 7 nitrogen and oxygen atoms in total. The third-order valence-electron chi connectivity index (χ3n) is 5.88. The van der Waals surface area contributed by atoms with E-state index in [0.29, 0.717) is 36.1 Å². The number of aryl methyl sites for hydroxylation is 1. The monoisotopic (exact) mass is 475 g/mol. The van der Waals surface area contributed by atoms with Crippen molar-refractivity contribution in [1.82, 2.24) is 15.4 Å². The lowest BCUT2D eigenvalue weighted by atomic mass is 9.92. The Morgan fingerprint density at radius 1 is 1.15 bits per heavy atom. The molecule has 3 aromatic rings. The van der Waals surface area contributed by atoms with Crippen LogP contribution in [0.15, 0.2) is 47.0 Å². The smallest absolute Gasteiger partial charge is 0.453 e. The van der Waals surface area contributed by atoms with Gasteiger partial charge in [-0.1, -0.05) is 48.8 Å². The van der Waals surface area contributed by atoms with Gasteiger partial charge in [0.2, 0.25) is 5.76 Å². The average Bonchev–Trinajstić information content (AvgIpc) is 3.33. The maximum atomic E-state index is 13.2. The van der Waals surface area contributed by atoms with E-state index in [0.717, 1.165) is 4.90 Å². The summed E-state index contributed by atoms with van der Waals surface area (Å²) in [5.74, 6) is -1.08. The van der Waals surface area contributed by atoms with Crippen molar-refractivity contribution in [3.63, 3.8) is 0 Å². The predicted molar refractivity (Wildman–Crippen MR) is 117 cm³/mol. The Morgan fingerprint density at radius 2 is 1.88 bits per heavy atom. The van der Waals surface area contributed by atoms with Gasteiger partial charge in [-0.2, -0.15) is 13.2 Å². The second-order valence-electron chi connectivity index (χ2n) is 8.28. The summed E-state index contributed by atoms with van der Waals surface area (Å²) in [6, 6.07) is 11.3. The minimum atomic E-state index is -4.64. The number of fused-ring (bicyclic) bond motifs is 1. The van der Waals surface area contributed by atoms with Gasteiger partial charge in [0.1, 0.15) is 16.8 Å². The van der Waals surface area contributed by atoms with Crippen LogP contribution in [-0.2, 0) is 22.9 Å². The fourth-order valence-corrected chi connectivity index (χ4v) is 4.15. The van der Waals surface area contributed by atoms with Gasteiger partial charge in [0.25, 0.3) is 5.91 Å². The van der Waals surface area contributed by atoms with Crippen LogP contribution in [0.5, 0.6) is 5.75 Å². The molecule has 1 aliphatic heterocycles. The summed E-state index contributed by atoms with van der Waals surface area (Å²) in [6.45, 7) is 3.86. The zero-order valence-electron chi connectivity index (χ0n) is 18.7. The maximum Gasteiger partial charge on any atom is 0.453 e. The van der Waals surface area contributed by atoms with E-state index in [1.54, 1.807) is 31.2 Å². The number of benzene rings is 2. The van der Waals surface area contributed by atoms with Gasteiger partial charge < -0.3 is 14.6 Å². The zero-order valence-corrected chi connectivity index (χ0v) is 18.7. The van der Waals surface area contributed by atoms with E-state index >= 15 is 0 Å². The van der Waals surface area contributed by atoms with Gasteiger partial charge >= 0.3 is 12.2 Å². The molecule has 0 bridgehead atoms. The number of hydrogen-bond acceptors (Lipinski definition) is 5. The molecule has 0 saturated carbocycles. The van der Waals surface area contributed by atoms with Crippen LogP contribution in [-0.4, -0.2) is 35.1 Å². The van der Waals surface area contributed by atoms with Crippen LogP contribution in [0.4, 0.5) is 18.0 Å². The van der Waals surface area contributed by atoms with Gasteiger partial charge in [0.15, 0.2) is 0 Å². The molecule has 3 amide bonds. The Kier molecular flexibility index (Phi) is 6.24. The summed E-state index contributed by atoms with van der Waals surface area (Å²) in [5.41, 5.74) is 0.211. The predicted octanol–water partition coefficient (Wildman–Crippen LogP) is 5.04. The number of carbonyl (C=O) groups is 2. The van der Waals surface area contributed by atoms with Crippen molar-refractivity contribution >= 4 is 22.8 Å². The number of hydrogen-bond donors (Lipinski definition) is 1. The fourth-order valence-electron chi connectivity index (χ4n) is 4.15. The molecule has 34 heavy (non-hydrogen) atoms. The van der Waals surface area contributed by atoms with Crippen molar-refractivity contribution in [1.29, 1.82) is 0 Å². The maximum absolute atomic E-state index is 13.2. The van der Waals surface area contributed by atoms with Crippen molar-refractivity contribution in [2.45, 2.75) is 44.8 Å². The van der Waals surface area contributed by atoms with E-state index in [2.05, 4.69) is 15.0 Å². The van der Waals surface area contributed by atoms with E-state index in [-0.39, 0.29) is 30.0 Å². The minimum absolute atomic E-state index is 0.108. The lowest BCUT2D eigenvalue weighted by molar-refractivity contribution is -0.154. The summed E-state index contributed by atoms with van der Waals surface area (Å²) in [5, 5.41) is 6.28. The van der Waals surface area contributed by atoms with Crippen LogP contribution in [0.3, 0.4) is 0 Å². The van der Waals surface area contributed by atoms with Crippen molar-refractivity contribution in [3.05, 3.63) is 59.4 Å². The van der Waals surface area contributed by atoms with E-state index in [4.69, 9.17) is 4.74 Å². The standard InChI is InChI=1S/C24H24F3N3O4/c1-3-8-16-18(12-11-17-19(16)29-34-20(17)24(25,26)27)33-14-7-13-30-21(31)23(2,28-22(30)32)15-9-5-4-6-10-15/h4-6,9-12H,3,7-8,13-14H2,1-2H3,(H,28,32). The molecule has 1 aromatic heterocycles. The number of carbonyl (C=O) groups excluding carboxylic acids is 2. The number of rotatable bonds is 8. The molecule has 2 aromatic carbocycles. The highest BCUT2D eigenvalue weighted by molar-refractivity contribution is 6.07. The second-order valence-corrected chi connectivity index (χ2v) is 8.28. The minimum Gasteiger partial charge on any atom is -0.493 e. The lowest BCUT2D eigenvalue weighted by Gasteiger charge is -2.22. The number of nitrogens with one attached hydrogen (secondary N) is 1. The van der Waals surface area contributed by atoms with Crippen LogP contribution in [0.2, 0.25) is 0 Å². The molecule has 1 fully saturated rings. The van der Waals surface area contributed by atoms with Gasteiger partial charge in [-0.25, -0.2) is 4.79 Å². The number of urea groups is 1.